The SMILES string of the molecule is O=C(O)CCC1CCCCN1C(=O)CSCc1coc(-c2ccccc2)n1. The van der Waals surface area contributed by atoms with Gasteiger partial charge in [-0.15, -0.1) is 11.8 Å². The average molecular weight is 388 g/mol. The summed E-state index contributed by atoms with van der Waals surface area (Å²) in [5, 5.41) is 8.90. The molecule has 1 N–H and O–H groups in total. The molecule has 1 aromatic heterocycles. The molecule has 1 fully saturated rings. The maximum atomic E-state index is 12.6. The monoisotopic (exact) mass is 388 g/mol. The number of thioether (sulfide) groups is 1. The third kappa shape index (κ3) is 5.60. The highest BCUT2D eigenvalue weighted by Crippen LogP contribution is 2.24. The van der Waals surface area contributed by atoms with Gasteiger partial charge in [0.25, 0.3) is 0 Å². The Morgan fingerprint density at radius 1 is 1.26 bits per heavy atom. The molecule has 6 nitrogen and oxygen atoms in total. The number of oxazole rings is 1. The van der Waals surface area contributed by atoms with Crippen molar-refractivity contribution in [3.05, 3.63) is 42.3 Å². The van der Waals surface area contributed by atoms with Gasteiger partial charge in [0.2, 0.25) is 11.8 Å². The smallest absolute Gasteiger partial charge is 0.303 e. The quantitative estimate of drug-likeness (QED) is 0.740. The number of carbonyl (C=O) groups is 2. The lowest BCUT2D eigenvalue weighted by atomic mass is 9.98. The summed E-state index contributed by atoms with van der Waals surface area (Å²) in [5.74, 6) is 0.846. The third-order valence-electron chi connectivity index (χ3n) is 4.69. The summed E-state index contributed by atoms with van der Waals surface area (Å²) in [6.45, 7) is 0.728. The van der Waals surface area contributed by atoms with E-state index >= 15 is 0 Å². The number of aliphatic carboxylic acids is 1. The fraction of sp³-hybridized carbons (Fsp3) is 0.450. The summed E-state index contributed by atoms with van der Waals surface area (Å²) in [4.78, 5) is 29.8. The van der Waals surface area contributed by atoms with Crippen LogP contribution in [0.4, 0.5) is 0 Å². The van der Waals surface area contributed by atoms with Crippen molar-refractivity contribution in [1.82, 2.24) is 9.88 Å². The van der Waals surface area contributed by atoms with Crippen LogP contribution >= 0.6 is 11.8 Å². The van der Waals surface area contributed by atoms with Gasteiger partial charge in [-0.1, -0.05) is 18.2 Å². The molecule has 144 valence electrons. The predicted octanol–water partition coefficient (Wildman–Crippen LogP) is 3.82. The van der Waals surface area contributed by atoms with E-state index in [0.717, 1.165) is 37.1 Å². The van der Waals surface area contributed by atoms with Gasteiger partial charge in [0.15, 0.2) is 0 Å². The summed E-state index contributed by atoms with van der Waals surface area (Å²) in [5.41, 5.74) is 1.74. The van der Waals surface area contributed by atoms with Crippen LogP contribution in [0.3, 0.4) is 0 Å². The maximum absolute atomic E-state index is 12.6. The van der Waals surface area contributed by atoms with Gasteiger partial charge in [-0.05, 0) is 37.8 Å². The Balaban J connectivity index is 1.48. The van der Waals surface area contributed by atoms with E-state index in [2.05, 4.69) is 4.98 Å². The summed E-state index contributed by atoms with van der Waals surface area (Å²) >= 11 is 1.51. The fourth-order valence-electron chi connectivity index (χ4n) is 3.33. The number of likely N-dealkylation sites (tertiary alicyclic amines) is 1. The minimum atomic E-state index is -0.803. The standard InChI is InChI=1S/C20H24N2O4S/c23-18(22-11-5-4-8-17(22)9-10-19(24)25)14-27-13-16-12-26-20(21-16)15-6-2-1-3-7-15/h1-3,6-7,12,17H,4-5,8-11,13-14H2,(H,24,25). The molecule has 1 aromatic carbocycles. The van der Waals surface area contributed by atoms with E-state index in [1.54, 1.807) is 6.26 Å². The van der Waals surface area contributed by atoms with Crippen molar-refractivity contribution in [1.29, 1.82) is 0 Å². The first-order valence-electron chi connectivity index (χ1n) is 9.22. The van der Waals surface area contributed by atoms with E-state index in [1.807, 2.05) is 35.2 Å². The zero-order valence-electron chi connectivity index (χ0n) is 15.2. The number of nitrogens with zero attached hydrogens (tertiary/aromatic N) is 2. The Labute approximate surface area is 163 Å². The number of piperidine rings is 1. The molecule has 0 saturated carbocycles. The van der Waals surface area contributed by atoms with Crippen LogP contribution in [0.25, 0.3) is 11.5 Å². The Hall–Kier alpha value is -2.28. The molecule has 0 spiro atoms. The van der Waals surface area contributed by atoms with E-state index in [-0.39, 0.29) is 18.4 Å². The zero-order valence-corrected chi connectivity index (χ0v) is 16.0. The first-order valence-corrected chi connectivity index (χ1v) is 10.4. The number of aromatic nitrogens is 1. The van der Waals surface area contributed by atoms with Gasteiger partial charge < -0.3 is 14.4 Å². The Morgan fingerprint density at radius 2 is 2.07 bits per heavy atom. The van der Waals surface area contributed by atoms with Crippen LogP contribution in [-0.2, 0) is 15.3 Å². The van der Waals surface area contributed by atoms with E-state index in [1.165, 1.54) is 11.8 Å². The van der Waals surface area contributed by atoms with Crippen LogP contribution in [0.2, 0.25) is 0 Å². The molecule has 1 aliphatic heterocycles. The van der Waals surface area contributed by atoms with Crippen LogP contribution in [0.5, 0.6) is 0 Å². The lowest BCUT2D eigenvalue weighted by Gasteiger charge is -2.35. The zero-order chi connectivity index (χ0) is 19.1. The molecule has 1 amide bonds. The number of amides is 1. The van der Waals surface area contributed by atoms with E-state index < -0.39 is 5.97 Å². The highest BCUT2D eigenvalue weighted by atomic mass is 32.2. The van der Waals surface area contributed by atoms with E-state index in [0.29, 0.717) is 23.8 Å². The molecule has 7 heteroatoms. The molecule has 1 aliphatic rings. The first kappa shape index (κ1) is 19.5. The number of hydrogen-bond acceptors (Lipinski definition) is 5. The van der Waals surface area contributed by atoms with Crippen LogP contribution in [-0.4, -0.2) is 45.2 Å². The topological polar surface area (TPSA) is 83.6 Å². The molecule has 1 atom stereocenters. The van der Waals surface area contributed by atoms with Gasteiger partial charge in [0.05, 0.1) is 11.4 Å². The molecule has 1 saturated heterocycles. The van der Waals surface area contributed by atoms with Crippen molar-refractivity contribution in [2.24, 2.45) is 0 Å². The summed E-state index contributed by atoms with van der Waals surface area (Å²) in [6.07, 6.45) is 5.23. The first-order chi connectivity index (χ1) is 13.1. The molecular weight excluding hydrogens is 364 g/mol. The van der Waals surface area contributed by atoms with Gasteiger partial charge in [-0.2, -0.15) is 0 Å². The molecule has 0 aliphatic carbocycles. The van der Waals surface area contributed by atoms with Crippen LogP contribution in [0.15, 0.2) is 41.0 Å². The number of carbonyl (C=O) groups excluding carboxylic acids is 1. The van der Waals surface area contributed by atoms with Gasteiger partial charge in [0, 0.05) is 30.3 Å². The minimum Gasteiger partial charge on any atom is -0.481 e. The number of hydrogen-bond donors (Lipinski definition) is 1. The maximum Gasteiger partial charge on any atom is 0.303 e. The van der Waals surface area contributed by atoms with Gasteiger partial charge in [-0.25, -0.2) is 4.98 Å². The highest BCUT2D eigenvalue weighted by molar-refractivity contribution is 7.99. The summed E-state index contributed by atoms with van der Waals surface area (Å²) < 4.78 is 5.52. The average Bonchev–Trinajstić information content (AvgIpc) is 3.16. The molecule has 2 aromatic rings. The second kappa shape index (κ2) is 9.60. The van der Waals surface area contributed by atoms with Gasteiger partial charge >= 0.3 is 5.97 Å². The van der Waals surface area contributed by atoms with Crippen molar-refractivity contribution in [2.45, 2.75) is 43.9 Å². The molecule has 27 heavy (non-hydrogen) atoms. The third-order valence-corrected chi connectivity index (χ3v) is 5.64. The summed E-state index contributed by atoms with van der Waals surface area (Å²) in [7, 11) is 0. The lowest BCUT2D eigenvalue weighted by Crippen LogP contribution is -2.44. The number of rotatable bonds is 8. The summed E-state index contributed by atoms with van der Waals surface area (Å²) in [6, 6.07) is 9.76. The lowest BCUT2D eigenvalue weighted by molar-refractivity contribution is -0.139. The number of carboxylic acid groups (broad SMARTS) is 1. The van der Waals surface area contributed by atoms with Crippen molar-refractivity contribution >= 4 is 23.6 Å². The van der Waals surface area contributed by atoms with Gasteiger partial charge in [-0.3, -0.25) is 9.59 Å². The molecule has 2 heterocycles. The number of benzene rings is 1. The van der Waals surface area contributed by atoms with Crippen molar-refractivity contribution in [2.75, 3.05) is 12.3 Å². The van der Waals surface area contributed by atoms with Crippen molar-refractivity contribution in [3.8, 4) is 11.5 Å². The molecule has 0 radical (unpaired) electrons. The number of carboxylic acids is 1. The van der Waals surface area contributed by atoms with E-state index in [4.69, 9.17) is 9.52 Å². The minimum absolute atomic E-state index is 0.0553. The molecule has 1 unspecified atom stereocenters. The molecule has 0 bridgehead atoms. The van der Waals surface area contributed by atoms with Crippen LogP contribution < -0.4 is 0 Å². The second-order valence-electron chi connectivity index (χ2n) is 6.67. The van der Waals surface area contributed by atoms with Crippen molar-refractivity contribution < 1.29 is 19.1 Å². The predicted molar refractivity (Wildman–Crippen MR) is 104 cm³/mol. The molecular formula is C20H24N2O4S. The highest BCUT2D eigenvalue weighted by Gasteiger charge is 2.26. The van der Waals surface area contributed by atoms with Crippen LogP contribution in [0, 0.1) is 0 Å². The van der Waals surface area contributed by atoms with Crippen molar-refractivity contribution in [3.63, 3.8) is 0 Å². The fourth-order valence-corrected chi connectivity index (χ4v) is 4.12. The normalized spacial score (nSPS) is 17.0. The van der Waals surface area contributed by atoms with Gasteiger partial charge in [0.1, 0.15) is 6.26 Å². The largest absolute Gasteiger partial charge is 0.481 e. The second-order valence-corrected chi connectivity index (χ2v) is 7.66. The Bertz CT molecular complexity index is 762. The van der Waals surface area contributed by atoms with E-state index in [9.17, 15) is 9.59 Å². The van der Waals surface area contributed by atoms with Crippen LogP contribution in [0.1, 0.15) is 37.8 Å². The molecule has 3 rings (SSSR count). The Kier molecular flexibility index (Phi) is 6.92. The Morgan fingerprint density at radius 3 is 2.85 bits per heavy atom.